The van der Waals surface area contributed by atoms with E-state index in [0.717, 1.165) is 24.2 Å². The quantitative estimate of drug-likeness (QED) is 0.546. The second-order valence-electron chi connectivity index (χ2n) is 10.0. The molecule has 1 saturated heterocycles. The number of rotatable bonds is 9. The molecule has 1 aromatic carbocycles. The van der Waals surface area contributed by atoms with Crippen molar-refractivity contribution >= 4 is 11.8 Å². The first kappa shape index (κ1) is 25.0. The molecular weight excluding hydrogens is 423 g/mol. The molecule has 0 bridgehead atoms. The van der Waals surface area contributed by atoms with Crippen LogP contribution in [-0.4, -0.2) is 47.4 Å². The standard InChI is InChI=1S/C26H35FN2O4/c1-19-7-12-23(33-19)17-28(15-20-8-10-21(27)11-9-20)25(31)18-29(16-22-6-5-13-32-22)24(30)14-26(2,3)4/h7-12,22H,5-6,13-18H2,1-4H3. The fourth-order valence-corrected chi connectivity index (χ4v) is 3.92. The molecule has 1 aromatic heterocycles. The first-order chi connectivity index (χ1) is 15.6. The number of aryl methyl sites for hydroxylation is 1. The van der Waals surface area contributed by atoms with Crippen LogP contribution in [0.25, 0.3) is 0 Å². The molecule has 1 atom stereocenters. The van der Waals surface area contributed by atoms with Gasteiger partial charge in [0.25, 0.3) is 0 Å². The maximum absolute atomic E-state index is 13.5. The molecule has 1 aliphatic heterocycles. The Morgan fingerprint density at radius 2 is 1.76 bits per heavy atom. The van der Waals surface area contributed by atoms with Gasteiger partial charge in [0.2, 0.25) is 11.8 Å². The fraction of sp³-hybridized carbons (Fsp3) is 0.538. The predicted molar refractivity (Wildman–Crippen MR) is 124 cm³/mol. The second kappa shape index (κ2) is 11.0. The zero-order valence-corrected chi connectivity index (χ0v) is 20.1. The van der Waals surface area contributed by atoms with Crippen LogP contribution < -0.4 is 0 Å². The van der Waals surface area contributed by atoms with Gasteiger partial charge in [-0.15, -0.1) is 0 Å². The summed E-state index contributed by atoms with van der Waals surface area (Å²) in [5.41, 5.74) is 0.619. The lowest BCUT2D eigenvalue weighted by molar-refractivity contribution is -0.143. The van der Waals surface area contributed by atoms with Crippen LogP contribution in [0.4, 0.5) is 4.39 Å². The fourth-order valence-electron chi connectivity index (χ4n) is 3.92. The number of nitrogens with zero attached hydrogens (tertiary/aromatic N) is 2. The molecule has 1 fully saturated rings. The van der Waals surface area contributed by atoms with E-state index in [-0.39, 0.29) is 42.2 Å². The highest BCUT2D eigenvalue weighted by atomic mass is 19.1. The van der Waals surface area contributed by atoms with E-state index in [9.17, 15) is 14.0 Å². The van der Waals surface area contributed by atoms with Gasteiger partial charge in [-0.05, 0) is 55.0 Å². The van der Waals surface area contributed by atoms with Crippen molar-refractivity contribution in [3.8, 4) is 0 Å². The summed E-state index contributed by atoms with van der Waals surface area (Å²) in [4.78, 5) is 29.8. The minimum absolute atomic E-state index is 0.0321. The highest BCUT2D eigenvalue weighted by molar-refractivity contribution is 5.85. The van der Waals surface area contributed by atoms with Gasteiger partial charge in [-0.3, -0.25) is 9.59 Å². The monoisotopic (exact) mass is 458 g/mol. The van der Waals surface area contributed by atoms with Gasteiger partial charge in [0.15, 0.2) is 0 Å². The highest BCUT2D eigenvalue weighted by Crippen LogP contribution is 2.22. The molecule has 2 heterocycles. The van der Waals surface area contributed by atoms with E-state index >= 15 is 0 Å². The molecule has 1 unspecified atom stereocenters. The van der Waals surface area contributed by atoms with E-state index < -0.39 is 0 Å². The summed E-state index contributed by atoms with van der Waals surface area (Å²) in [5.74, 6) is 0.860. The van der Waals surface area contributed by atoms with Crippen LogP contribution in [0.15, 0.2) is 40.8 Å². The van der Waals surface area contributed by atoms with E-state index in [4.69, 9.17) is 9.15 Å². The van der Waals surface area contributed by atoms with Gasteiger partial charge in [-0.25, -0.2) is 4.39 Å². The highest BCUT2D eigenvalue weighted by Gasteiger charge is 2.29. The van der Waals surface area contributed by atoms with Crippen LogP contribution in [-0.2, 0) is 27.4 Å². The number of amides is 2. The molecule has 7 heteroatoms. The molecule has 3 rings (SSSR count). The summed E-state index contributed by atoms with van der Waals surface area (Å²) in [6.07, 6.45) is 2.16. The van der Waals surface area contributed by atoms with Gasteiger partial charge >= 0.3 is 0 Å². The van der Waals surface area contributed by atoms with Crippen molar-refractivity contribution in [2.45, 2.75) is 66.2 Å². The number of furan rings is 1. The number of halogens is 1. The Kier molecular flexibility index (Phi) is 8.30. The maximum Gasteiger partial charge on any atom is 0.242 e. The first-order valence-electron chi connectivity index (χ1n) is 11.6. The van der Waals surface area contributed by atoms with Crippen molar-refractivity contribution in [3.05, 3.63) is 59.3 Å². The molecule has 6 nitrogen and oxygen atoms in total. The van der Waals surface area contributed by atoms with Gasteiger partial charge in [0.05, 0.1) is 19.2 Å². The smallest absolute Gasteiger partial charge is 0.242 e. The van der Waals surface area contributed by atoms with E-state index in [0.29, 0.717) is 31.9 Å². The third-order valence-corrected chi connectivity index (χ3v) is 5.59. The summed E-state index contributed by atoms with van der Waals surface area (Å²) in [6.45, 7) is 9.51. The van der Waals surface area contributed by atoms with E-state index in [2.05, 4.69) is 0 Å². The Morgan fingerprint density at radius 3 is 2.33 bits per heavy atom. The zero-order valence-electron chi connectivity index (χ0n) is 20.1. The lowest BCUT2D eigenvalue weighted by Crippen LogP contribution is -2.46. The average Bonchev–Trinajstić information content (AvgIpc) is 3.39. The lowest BCUT2D eigenvalue weighted by Gasteiger charge is -2.30. The van der Waals surface area contributed by atoms with Crippen molar-refractivity contribution in [2.75, 3.05) is 19.7 Å². The van der Waals surface area contributed by atoms with E-state index in [1.165, 1.54) is 12.1 Å². The molecule has 0 spiro atoms. The summed E-state index contributed by atoms with van der Waals surface area (Å²) in [6, 6.07) is 9.79. The number of hydrogen-bond acceptors (Lipinski definition) is 4. The first-order valence-corrected chi connectivity index (χ1v) is 11.6. The van der Waals surface area contributed by atoms with Crippen LogP contribution in [0.2, 0.25) is 0 Å². The molecule has 0 radical (unpaired) electrons. The molecule has 180 valence electrons. The Labute approximate surface area is 195 Å². The van der Waals surface area contributed by atoms with Crippen LogP contribution in [0, 0.1) is 18.2 Å². The summed E-state index contributed by atoms with van der Waals surface area (Å²) >= 11 is 0. The molecule has 0 aliphatic carbocycles. The molecular formula is C26H35FN2O4. The van der Waals surface area contributed by atoms with Crippen molar-refractivity contribution in [2.24, 2.45) is 5.41 Å². The second-order valence-corrected chi connectivity index (χ2v) is 10.0. The van der Waals surface area contributed by atoms with Gasteiger partial charge < -0.3 is 19.0 Å². The summed E-state index contributed by atoms with van der Waals surface area (Å²) in [5, 5.41) is 0. The molecule has 2 aromatic rings. The molecule has 1 aliphatic rings. The Hall–Kier alpha value is -2.67. The maximum atomic E-state index is 13.5. The normalized spacial score (nSPS) is 16.1. The Bertz CT molecular complexity index is 927. The van der Waals surface area contributed by atoms with Crippen LogP contribution >= 0.6 is 0 Å². The minimum Gasteiger partial charge on any atom is -0.464 e. The third-order valence-electron chi connectivity index (χ3n) is 5.59. The van der Waals surface area contributed by atoms with E-state index in [1.54, 1.807) is 21.9 Å². The molecule has 2 amide bonds. The van der Waals surface area contributed by atoms with Crippen LogP contribution in [0.5, 0.6) is 0 Å². The van der Waals surface area contributed by atoms with Gasteiger partial charge in [0, 0.05) is 26.1 Å². The van der Waals surface area contributed by atoms with Crippen LogP contribution in [0.3, 0.4) is 0 Å². The lowest BCUT2D eigenvalue weighted by atomic mass is 9.91. The molecule has 0 saturated carbocycles. The zero-order chi connectivity index (χ0) is 24.0. The van der Waals surface area contributed by atoms with Crippen molar-refractivity contribution in [3.63, 3.8) is 0 Å². The third kappa shape index (κ3) is 8.00. The Morgan fingerprint density at radius 1 is 1.03 bits per heavy atom. The number of carbonyl (C=O) groups excluding carboxylic acids is 2. The van der Waals surface area contributed by atoms with E-state index in [1.807, 2.05) is 39.8 Å². The number of carbonyl (C=O) groups is 2. The van der Waals surface area contributed by atoms with Crippen LogP contribution in [0.1, 0.15) is 57.1 Å². The summed E-state index contributed by atoms with van der Waals surface area (Å²) < 4.78 is 24.8. The SMILES string of the molecule is Cc1ccc(CN(Cc2ccc(F)cc2)C(=O)CN(CC2CCCO2)C(=O)CC(C)(C)C)o1. The number of hydrogen-bond donors (Lipinski definition) is 0. The van der Waals surface area contributed by atoms with Crippen molar-refractivity contribution < 1.29 is 23.1 Å². The van der Waals surface area contributed by atoms with Gasteiger partial charge in [0.1, 0.15) is 17.3 Å². The average molecular weight is 459 g/mol. The Balaban J connectivity index is 1.77. The molecule has 0 N–H and O–H groups in total. The summed E-state index contributed by atoms with van der Waals surface area (Å²) in [7, 11) is 0. The van der Waals surface area contributed by atoms with Gasteiger partial charge in [-0.1, -0.05) is 32.9 Å². The minimum atomic E-state index is -0.325. The number of ether oxygens (including phenoxy) is 1. The molecule has 33 heavy (non-hydrogen) atoms. The van der Waals surface area contributed by atoms with Crippen molar-refractivity contribution in [1.29, 1.82) is 0 Å². The van der Waals surface area contributed by atoms with Crippen molar-refractivity contribution in [1.82, 2.24) is 9.80 Å². The predicted octanol–water partition coefficient (Wildman–Crippen LogP) is 4.70. The van der Waals surface area contributed by atoms with Gasteiger partial charge in [-0.2, -0.15) is 0 Å². The topological polar surface area (TPSA) is 63.0 Å². The number of benzene rings is 1. The largest absolute Gasteiger partial charge is 0.464 e.